The second kappa shape index (κ2) is 10.9. The summed E-state index contributed by atoms with van der Waals surface area (Å²) in [5.74, 6) is -1.60. The molecular formula is C24H20ClN3O5. The molecule has 0 fully saturated rings. The van der Waals surface area contributed by atoms with Crippen molar-refractivity contribution in [1.82, 2.24) is 5.43 Å². The number of esters is 1. The van der Waals surface area contributed by atoms with Gasteiger partial charge in [0.2, 0.25) is 0 Å². The monoisotopic (exact) mass is 465 g/mol. The van der Waals surface area contributed by atoms with Gasteiger partial charge in [0.05, 0.1) is 18.9 Å². The Kier molecular flexibility index (Phi) is 7.77. The quantitative estimate of drug-likeness (QED) is 0.188. The third kappa shape index (κ3) is 6.18. The highest BCUT2D eigenvalue weighted by atomic mass is 35.5. The van der Waals surface area contributed by atoms with E-state index < -0.39 is 17.8 Å². The number of halogens is 1. The van der Waals surface area contributed by atoms with Crippen molar-refractivity contribution in [3.8, 4) is 11.5 Å². The summed E-state index contributed by atoms with van der Waals surface area (Å²) in [4.78, 5) is 36.6. The van der Waals surface area contributed by atoms with E-state index in [0.717, 1.165) is 0 Å². The average Bonchev–Trinajstić information content (AvgIpc) is 2.83. The summed E-state index contributed by atoms with van der Waals surface area (Å²) in [6, 6.07) is 18.0. The topological polar surface area (TPSA) is 106 Å². The van der Waals surface area contributed by atoms with E-state index in [9.17, 15) is 14.4 Å². The normalized spacial score (nSPS) is 10.5. The molecule has 2 N–H and O–H groups in total. The van der Waals surface area contributed by atoms with Crippen LogP contribution in [-0.4, -0.2) is 31.1 Å². The predicted molar refractivity (Wildman–Crippen MR) is 125 cm³/mol. The highest BCUT2D eigenvalue weighted by Gasteiger charge is 2.15. The number of amides is 2. The molecule has 8 nitrogen and oxygen atoms in total. The molecule has 9 heteroatoms. The molecule has 3 rings (SSSR count). The lowest BCUT2D eigenvalue weighted by atomic mass is 10.2. The molecule has 0 spiro atoms. The van der Waals surface area contributed by atoms with E-state index in [4.69, 9.17) is 21.1 Å². The van der Waals surface area contributed by atoms with Gasteiger partial charge in [0.1, 0.15) is 11.5 Å². The second-order valence-corrected chi connectivity index (χ2v) is 7.13. The van der Waals surface area contributed by atoms with Crippen molar-refractivity contribution >= 4 is 41.3 Å². The molecule has 0 heterocycles. The zero-order valence-corrected chi connectivity index (χ0v) is 18.6. The summed E-state index contributed by atoms with van der Waals surface area (Å²) in [6.45, 7) is 1.72. The van der Waals surface area contributed by atoms with Crippen molar-refractivity contribution in [3.05, 3.63) is 88.4 Å². The number of nitrogens with one attached hydrogen (secondary N) is 2. The lowest BCUT2D eigenvalue weighted by Crippen LogP contribution is -2.32. The number of anilines is 1. The first-order valence-corrected chi connectivity index (χ1v) is 10.1. The molecule has 33 heavy (non-hydrogen) atoms. The highest BCUT2D eigenvalue weighted by Crippen LogP contribution is 2.23. The van der Waals surface area contributed by atoms with Crippen LogP contribution in [0.5, 0.6) is 11.5 Å². The molecule has 0 atom stereocenters. The number of benzene rings is 3. The van der Waals surface area contributed by atoms with Gasteiger partial charge >= 0.3 is 17.8 Å². The van der Waals surface area contributed by atoms with Gasteiger partial charge in [-0.25, -0.2) is 10.2 Å². The molecule has 168 valence electrons. The summed E-state index contributed by atoms with van der Waals surface area (Å²) < 4.78 is 10.5. The Labute approximate surface area is 195 Å². The average molecular weight is 466 g/mol. The lowest BCUT2D eigenvalue weighted by molar-refractivity contribution is -0.136. The van der Waals surface area contributed by atoms with Gasteiger partial charge in [-0.05, 0) is 61.0 Å². The Bertz CT molecular complexity index is 1210. The van der Waals surface area contributed by atoms with Crippen molar-refractivity contribution in [2.24, 2.45) is 5.10 Å². The molecule has 0 bridgehead atoms. The summed E-state index contributed by atoms with van der Waals surface area (Å²) in [5, 5.41) is 6.73. The Hall–Kier alpha value is -4.17. The number of ether oxygens (including phenoxy) is 2. The highest BCUT2D eigenvalue weighted by molar-refractivity contribution is 6.40. The first-order chi connectivity index (χ1) is 15.9. The second-order valence-electron chi connectivity index (χ2n) is 6.72. The maximum atomic E-state index is 12.4. The summed E-state index contributed by atoms with van der Waals surface area (Å²) in [6.07, 6.45) is 1.27. The number of hydrogen-bond donors (Lipinski definition) is 2. The van der Waals surface area contributed by atoms with Crippen molar-refractivity contribution in [1.29, 1.82) is 0 Å². The molecule has 3 aromatic rings. The van der Waals surface area contributed by atoms with Gasteiger partial charge in [0, 0.05) is 16.3 Å². The van der Waals surface area contributed by atoms with Crippen LogP contribution in [0.4, 0.5) is 5.69 Å². The summed E-state index contributed by atoms with van der Waals surface area (Å²) >= 11 is 6.01. The van der Waals surface area contributed by atoms with Crippen LogP contribution >= 0.6 is 11.6 Å². The fourth-order valence-electron chi connectivity index (χ4n) is 2.70. The number of hydrogen-bond acceptors (Lipinski definition) is 6. The van der Waals surface area contributed by atoms with Gasteiger partial charge in [-0.15, -0.1) is 0 Å². The molecule has 0 unspecified atom stereocenters. The van der Waals surface area contributed by atoms with Crippen LogP contribution in [-0.2, 0) is 9.59 Å². The van der Waals surface area contributed by atoms with E-state index in [1.807, 2.05) is 0 Å². The van der Waals surface area contributed by atoms with Crippen molar-refractivity contribution < 1.29 is 23.9 Å². The zero-order chi connectivity index (χ0) is 23.8. The number of hydrazone groups is 1. The van der Waals surface area contributed by atoms with Gasteiger partial charge in [-0.1, -0.05) is 29.8 Å². The van der Waals surface area contributed by atoms with Crippen LogP contribution in [0.2, 0.25) is 5.02 Å². The Morgan fingerprint density at radius 3 is 2.39 bits per heavy atom. The Balaban J connectivity index is 1.63. The molecule has 0 aliphatic heterocycles. The molecule has 2 amide bonds. The van der Waals surface area contributed by atoms with E-state index in [1.54, 1.807) is 73.7 Å². The largest absolute Gasteiger partial charge is 0.497 e. The third-order valence-corrected chi connectivity index (χ3v) is 4.95. The first kappa shape index (κ1) is 23.5. The van der Waals surface area contributed by atoms with Crippen LogP contribution in [0.15, 0.2) is 71.8 Å². The lowest BCUT2D eigenvalue weighted by Gasteiger charge is -2.09. The number of nitrogens with zero attached hydrogens (tertiary/aromatic N) is 1. The Morgan fingerprint density at radius 1 is 0.939 bits per heavy atom. The predicted octanol–water partition coefficient (Wildman–Crippen LogP) is 3.97. The number of carbonyl (C=O) groups is 3. The minimum atomic E-state index is -0.974. The SMILES string of the molecule is COc1ccc(C(=O)Oc2ccccc2/C=N/NC(=O)C(=O)Nc2cccc(Cl)c2C)cc1. The van der Waals surface area contributed by atoms with Crippen molar-refractivity contribution in [2.45, 2.75) is 6.92 Å². The fourth-order valence-corrected chi connectivity index (χ4v) is 2.87. The summed E-state index contributed by atoms with van der Waals surface area (Å²) in [7, 11) is 1.53. The molecule has 0 aromatic heterocycles. The van der Waals surface area contributed by atoms with Gasteiger partial charge in [-0.3, -0.25) is 9.59 Å². The molecule has 0 aliphatic rings. The Morgan fingerprint density at radius 2 is 1.67 bits per heavy atom. The first-order valence-electron chi connectivity index (χ1n) is 9.74. The van der Waals surface area contributed by atoms with Crippen LogP contribution in [0.1, 0.15) is 21.5 Å². The van der Waals surface area contributed by atoms with Crippen LogP contribution in [0, 0.1) is 6.92 Å². The smallest absolute Gasteiger partial charge is 0.343 e. The number of methoxy groups -OCH3 is 1. The number of carbonyl (C=O) groups excluding carboxylic acids is 3. The molecular weight excluding hydrogens is 446 g/mol. The molecule has 3 aromatic carbocycles. The minimum absolute atomic E-state index is 0.232. The van der Waals surface area contributed by atoms with Gasteiger partial charge in [-0.2, -0.15) is 5.10 Å². The van der Waals surface area contributed by atoms with Crippen LogP contribution < -0.4 is 20.2 Å². The van der Waals surface area contributed by atoms with Crippen molar-refractivity contribution in [2.75, 3.05) is 12.4 Å². The molecule has 0 radical (unpaired) electrons. The standard InChI is InChI=1S/C24H20ClN3O5/c1-15-19(25)7-5-8-20(15)27-22(29)23(30)28-26-14-17-6-3-4-9-21(17)33-24(31)16-10-12-18(32-2)13-11-16/h3-14H,1-2H3,(H,27,29)(H,28,30)/b26-14+. The minimum Gasteiger partial charge on any atom is -0.497 e. The number of rotatable bonds is 6. The van der Waals surface area contributed by atoms with Gasteiger partial charge < -0.3 is 14.8 Å². The van der Waals surface area contributed by atoms with Crippen molar-refractivity contribution in [3.63, 3.8) is 0 Å². The van der Waals surface area contributed by atoms with E-state index >= 15 is 0 Å². The summed E-state index contributed by atoms with van der Waals surface area (Å²) in [5.41, 5.74) is 3.95. The molecule has 0 saturated heterocycles. The molecule has 0 aliphatic carbocycles. The maximum Gasteiger partial charge on any atom is 0.343 e. The van der Waals surface area contributed by atoms with Gasteiger partial charge in [0.25, 0.3) is 0 Å². The van der Waals surface area contributed by atoms with E-state index in [1.165, 1.54) is 13.3 Å². The van der Waals surface area contributed by atoms with E-state index in [-0.39, 0.29) is 5.75 Å². The van der Waals surface area contributed by atoms with Crippen LogP contribution in [0.25, 0.3) is 0 Å². The zero-order valence-electron chi connectivity index (χ0n) is 17.8. The molecule has 0 saturated carbocycles. The fraction of sp³-hybridized carbons (Fsp3) is 0.0833. The third-order valence-electron chi connectivity index (χ3n) is 4.54. The maximum absolute atomic E-state index is 12.4. The number of para-hydroxylation sites is 1. The van der Waals surface area contributed by atoms with Gasteiger partial charge in [0.15, 0.2) is 0 Å². The van der Waals surface area contributed by atoms with Crippen LogP contribution in [0.3, 0.4) is 0 Å². The van der Waals surface area contributed by atoms with E-state index in [0.29, 0.717) is 33.1 Å². The van der Waals surface area contributed by atoms with E-state index in [2.05, 4.69) is 15.8 Å².